The average Bonchev–Trinajstić information content (AvgIpc) is 3.50. The van der Waals surface area contributed by atoms with Crippen LogP contribution in [0, 0.1) is 0 Å². The van der Waals surface area contributed by atoms with E-state index in [1.165, 1.54) is 11.8 Å². The summed E-state index contributed by atoms with van der Waals surface area (Å²) in [4.78, 5) is 39.2. The minimum Gasteiger partial charge on any atom is -0.325 e. The molecule has 33 heavy (non-hydrogen) atoms. The third-order valence-electron chi connectivity index (χ3n) is 5.32. The van der Waals surface area contributed by atoms with Crippen molar-refractivity contribution in [2.24, 2.45) is 0 Å². The highest BCUT2D eigenvalue weighted by Crippen LogP contribution is 2.30. The van der Waals surface area contributed by atoms with Crippen LogP contribution in [0.5, 0.6) is 0 Å². The smallest absolute Gasteiger partial charge is 0.234 e. The molecule has 5 rings (SSSR count). The summed E-state index contributed by atoms with van der Waals surface area (Å²) >= 11 is 2.89. The fourth-order valence-electron chi connectivity index (χ4n) is 3.77. The Morgan fingerprint density at radius 3 is 2.39 bits per heavy atom. The van der Waals surface area contributed by atoms with Crippen LogP contribution in [0.1, 0.15) is 38.8 Å². The van der Waals surface area contributed by atoms with Gasteiger partial charge >= 0.3 is 0 Å². The molecular weight excluding hydrogens is 456 g/mol. The van der Waals surface area contributed by atoms with Crippen LogP contribution >= 0.6 is 23.1 Å². The summed E-state index contributed by atoms with van der Waals surface area (Å²) in [5, 5.41) is 14.0. The van der Waals surface area contributed by atoms with E-state index in [0.717, 1.165) is 10.7 Å². The van der Waals surface area contributed by atoms with Crippen molar-refractivity contribution in [3.63, 3.8) is 0 Å². The van der Waals surface area contributed by atoms with Gasteiger partial charge in [0.25, 0.3) is 0 Å². The number of benzene rings is 2. The molecule has 0 spiro atoms. The highest BCUT2D eigenvalue weighted by Gasteiger charge is 2.29. The first-order valence-electron chi connectivity index (χ1n) is 10.3. The molecule has 2 aromatic carbocycles. The van der Waals surface area contributed by atoms with E-state index >= 15 is 0 Å². The number of aromatic nitrogens is 3. The van der Waals surface area contributed by atoms with Crippen molar-refractivity contribution in [3.8, 4) is 10.7 Å². The van der Waals surface area contributed by atoms with Gasteiger partial charge in [0.1, 0.15) is 0 Å². The topological polar surface area (TPSA) is 94.0 Å². The Kier molecular flexibility index (Phi) is 5.65. The van der Waals surface area contributed by atoms with Crippen LogP contribution in [0.15, 0.2) is 65.1 Å². The molecule has 1 N–H and O–H groups in total. The molecule has 4 aromatic rings. The summed E-state index contributed by atoms with van der Waals surface area (Å²) in [6.07, 6.45) is 0. The highest BCUT2D eigenvalue weighted by molar-refractivity contribution is 7.99. The average molecular weight is 475 g/mol. The molecule has 0 atom stereocenters. The molecule has 0 radical (unpaired) electrons. The normalized spacial score (nSPS) is 12.4. The van der Waals surface area contributed by atoms with Gasteiger partial charge in [-0.15, -0.1) is 21.5 Å². The van der Waals surface area contributed by atoms with E-state index in [1.807, 2.05) is 29.0 Å². The Bertz CT molecular complexity index is 1390. The summed E-state index contributed by atoms with van der Waals surface area (Å²) in [7, 11) is 0. The van der Waals surface area contributed by atoms with Crippen molar-refractivity contribution in [2.45, 2.75) is 18.6 Å². The zero-order valence-electron chi connectivity index (χ0n) is 17.6. The third kappa shape index (κ3) is 3.90. The summed E-state index contributed by atoms with van der Waals surface area (Å²) in [5.41, 5.74) is 1.91. The van der Waals surface area contributed by atoms with Gasteiger partial charge in [-0.05, 0) is 36.6 Å². The predicted octanol–water partition coefficient (Wildman–Crippen LogP) is 4.53. The summed E-state index contributed by atoms with van der Waals surface area (Å²) in [6.45, 7) is 2.70. The molecule has 1 aliphatic rings. The quantitative estimate of drug-likeness (QED) is 0.363. The van der Waals surface area contributed by atoms with Crippen LogP contribution in [0.2, 0.25) is 0 Å². The van der Waals surface area contributed by atoms with Gasteiger partial charge in [-0.25, -0.2) is 0 Å². The number of hydrogen-bond donors (Lipinski definition) is 1. The minimum absolute atomic E-state index is 0.134. The number of thiophene rings is 1. The van der Waals surface area contributed by atoms with Crippen LogP contribution in [0.3, 0.4) is 0 Å². The van der Waals surface area contributed by atoms with Gasteiger partial charge in [-0.3, -0.25) is 14.4 Å². The van der Waals surface area contributed by atoms with Gasteiger partial charge in [0.2, 0.25) is 5.91 Å². The maximum Gasteiger partial charge on any atom is 0.234 e. The molecular formula is C24H18N4O3S2. The predicted molar refractivity (Wildman–Crippen MR) is 128 cm³/mol. The Morgan fingerprint density at radius 1 is 0.970 bits per heavy atom. The second-order valence-electron chi connectivity index (χ2n) is 7.33. The number of anilines is 1. The number of carbonyl (C=O) groups excluding carboxylic acids is 3. The molecule has 0 bridgehead atoms. The second kappa shape index (κ2) is 8.76. The fourth-order valence-corrected chi connectivity index (χ4v) is 5.29. The zero-order chi connectivity index (χ0) is 22.9. The van der Waals surface area contributed by atoms with Crippen molar-refractivity contribution < 1.29 is 14.4 Å². The van der Waals surface area contributed by atoms with E-state index in [9.17, 15) is 14.4 Å². The Morgan fingerprint density at radius 2 is 1.70 bits per heavy atom. The number of amides is 1. The molecule has 1 aliphatic carbocycles. The Balaban J connectivity index is 1.30. The molecule has 9 heteroatoms. The molecule has 1 amide bonds. The lowest BCUT2D eigenvalue weighted by Crippen LogP contribution is -2.21. The van der Waals surface area contributed by atoms with Crippen molar-refractivity contribution in [1.29, 1.82) is 0 Å². The first-order chi connectivity index (χ1) is 16.1. The molecule has 0 saturated heterocycles. The van der Waals surface area contributed by atoms with E-state index in [4.69, 9.17) is 0 Å². The number of nitrogens with zero attached hydrogens (tertiary/aromatic N) is 3. The van der Waals surface area contributed by atoms with Crippen molar-refractivity contribution in [2.75, 3.05) is 11.1 Å². The third-order valence-corrected chi connectivity index (χ3v) is 7.15. The standard InChI is InChI=1S/C24H18N4O3S2/c1-2-28-23(19-8-5-11-32-19)26-27-24(28)33-13-20(29)25-14-9-10-17-18(12-14)22(31)16-7-4-3-6-15(16)21(17)30/h3-12H,2,13H2,1H3,(H,25,29). The van der Waals surface area contributed by atoms with Crippen LogP contribution in [-0.2, 0) is 11.3 Å². The molecule has 0 saturated carbocycles. The minimum atomic E-state index is -0.238. The largest absolute Gasteiger partial charge is 0.325 e. The first-order valence-corrected chi connectivity index (χ1v) is 12.2. The molecule has 164 valence electrons. The van der Waals surface area contributed by atoms with E-state index in [2.05, 4.69) is 15.5 Å². The molecule has 2 heterocycles. The molecule has 7 nitrogen and oxygen atoms in total. The van der Waals surface area contributed by atoms with Crippen molar-refractivity contribution in [1.82, 2.24) is 14.8 Å². The Hall–Kier alpha value is -3.56. The lowest BCUT2D eigenvalue weighted by atomic mass is 9.84. The van der Waals surface area contributed by atoms with E-state index in [-0.39, 0.29) is 23.2 Å². The van der Waals surface area contributed by atoms with Crippen LogP contribution < -0.4 is 5.32 Å². The number of carbonyl (C=O) groups is 3. The number of nitrogens with one attached hydrogen (secondary N) is 1. The Labute approximate surface area is 197 Å². The van der Waals surface area contributed by atoms with E-state index in [1.54, 1.807) is 53.8 Å². The van der Waals surface area contributed by atoms with Gasteiger partial charge < -0.3 is 9.88 Å². The zero-order valence-corrected chi connectivity index (χ0v) is 19.2. The van der Waals surface area contributed by atoms with Gasteiger partial charge in [-0.2, -0.15) is 0 Å². The number of hydrogen-bond acceptors (Lipinski definition) is 7. The van der Waals surface area contributed by atoms with Crippen molar-refractivity contribution >= 4 is 46.3 Å². The van der Waals surface area contributed by atoms with Gasteiger partial charge in [0.05, 0.1) is 10.6 Å². The highest BCUT2D eigenvalue weighted by atomic mass is 32.2. The van der Waals surface area contributed by atoms with Gasteiger partial charge in [0, 0.05) is 34.5 Å². The van der Waals surface area contributed by atoms with Gasteiger partial charge in [-0.1, -0.05) is 42.1 Å². The molecule has 0 aliphatic heterocycles. The van der Waals surface area contributed by atoms with Crippen LogP contribution in [0.4, 0.5) is 5.69 Å². The number of ketones is 2. The maximum atomic E-state index is 12.9. The summed E-state index contributed by atoms with van der Waals surface area (Å²) in [6, 6.07) is 15.5. The second-order valence-corrected chi connectivity index (χ2v) is 9.22. The monoisotopic (exact) mass is 474 g/mol. The van der Waals surface area contributed by atoms with Crippen LogP contribution in [0.25, 0.3) is 10.7 Å². The SMILES string of the molecule is CCn1c(SCC(=O)Nc2ccc3c(c2)C(=O)c2ccccc2C3=O)nnc1-c1cccs1. The van der Waals surface area contributed by atoms with Crippen molar-refractivity contribution in [3.05, 3.63) is 82.2 Å². The van der Waals surface area contributed by atoms with E-state index in [0.29, 0.717) is 39.6 Å². The lowest BCUT2D eigenvalue weighted by Gasteiger charge is -2.18. The molecule has 0 fully saturated rings. The van der Waals surface area contributed by atoms with Crippen LogP contribution in [-0.4, -0.2) is 38.0 Å². The first kappa shape index (κ1) is 21.3. The summed E-state index contributed by atoms with van der Waals surface area (Å²) < 4.78 is 1.98. The summed E-state index contributed by atoms with van der Waals surface area (Å²) in [5.74, 6) is 0.277. The number of fused-ring (bicyclic) bond motifs is 2. The molecule has 0 unspecified atom stereocenters. The maximum absolute atomic E-state index is 12.9. The molecule has 2 aromatic heterocycles. The lowest BCUT2D eigenvalue weighted by molar-refractivity contribution is -0.113. The number of rotatable bonds is 6. The van der Waals surface area contributed by atoms with Gasteiger partial charge in [0.15, 0.2) is 22.5 Å². The number of thioether (sulfide) groups is 1. The fraction of sp³-hybridized carbons (Fsp3) is 0.125. The van der Waals surface area contributed by atoms with E-state index < -0.39 is 0 Å².